The first-order chi connectivity index (χ1) is 19.3. The van der Waals surface area contributed by atoms with Crippen LogP contribution in [0.4, 0.5) is 0 Å². The van der Waals surface area contributed by atoms with Gasteiger partial charge in [-0.2, -0.15) is 10.5 Å². The summed E-state index contributed by atoms with van der Waals surface area (Å²) in [6, 6.07) is 11.0. The Morgan fingerprint density at radius 3 is 1.77 bits per heavy atom. The lowest BCUT2D eigenvalue weighted by Gasteiger charge is -2.27. The Kier molecular flexibility index (Phi) is 8.03. The van der Waals surface area contributed by atoms with Crippen LogP contribution in [-0.4, -0.2) is 53.1 Å². The van der Waals surface area contributed by atoms with E-state index in [1.54, 1.807) is 30.3 Å². The molecule has 0 spiro atoms. The van der Waals surface area contributed by atoms with E-state index < -0.39 is 17.4 Å². The molecule has 0 saturated carbocycles. The number of nitrogens with one attached hydrogen (secondary N) is 1. The largest absolute Gasteiger partial charge is 0.493 e. The van der Waals surface area contributed by atoms with E-state index in [9.17, 15) is 15.3 Å². The van der Waals surface area contributed by atoms with E-state index in [0.29, 0.717) is 45.6 Å². The zero-order chi connectivity index (χ0) is 29.1. The van der Waals surface area contributed by atoms with E-state index in [4.69, 9.17) is 33.8 Å². The normalized spacial score (nSPS) is 16.4. The van der Waals surface area contributed by atoms with Crippen molar-refractivity contribution in [3.05, 3.63) is 54.9 Å². The van der Waals surface area contributed by atoms with E-state index in [1.807, 2.05) is 0 Å². The van der Waals surface area contributed by atoms with Crippen molar-refractivity contribution >= 4 is 28.8 Å². The molecule has 0 aliphatic carbocycles. The molecule has 4 rings (SSSR count). The molecule has 40 heavy (non-hydrogen) atoms. The molecule has 1 N–H and O–H groups in total. The average Bonchev–Trinajstić information content (AvgIpc) is 3.30. The minimum absolute atomic E-state index is 0.170. The van der Waals surface area contributed by atoms with Crippen molar-refractivity contribution in [3.63, 3.8) is 0 Å². The summed E-state index contributed by atoms with van der Waals surface area (Å²) >= 11 is 1.05. The fourth-order valence-electron chi connectivity index (χ4n) is 4.71. The first-order valence-corrected chi connectivity index (χ1v) is 12.6. The first kappa shape index (κ1) is 28.1. The Hall–Kier alpha value is -4.94. The topological polar surface area (TPSA) is 149 Å². The van der Waals surface area contributed by atoms with Gasteiger partial charge in [0, 0.05) is 5.92 Å². The predicted octanol–water partition coefficient (Wildman–Crippen LogP) is 2.23. The van der Waals surface area contributed by atoms with Gasteiger partial charge < -0.3 is 28.4 Å². The number of hydrogen-bond donors (Lipinski definition) is 1. The summed E-state index contributed by atoms with van der Waals surface area (Å²) in [7, 11) is 8.86. The van der Waals surface area contributed by atoms with Gasteiger partial charge in [0.15, 0.2) is 23.0 Å². The van der Waals surface area contributed by atoms with Crippen LogP contribution in [0.3, 0.4) is 0 Å². The summed E-state index contributed by atoms with van der Waals surface area (Å²) in [4.78, 5) is 13.5. The summed E-state index contributed by atoms with van der Waals surface area (Å²) in [6.07, 6.45) is 1.61. The maximum absolute atomic E-state index is 13.5. The van der Waals surface area contributed by atoms with Crippen molar-refractivity contribution in [2.75, 3.05) is 42.7 Å². The summed E-state index contributed by atoms with van der Waals surface area (Å²) in [5.41, 5.74) is 0.733. The van der Waals surface area contributed by atoms with E-state index in [-0.39, 0.29) is 20.6 Å². The molecule has 2 heterocycles. The highest BCUT2D eigenvalue weighted by molar-refractivity contribution is 7.07. The van der Waals surface area contributed by atoms with Gasteiger partial charge in [-0.15, -0.1) is 11.3 Å². The molecule has 3 aromatic rings. The first-order valence-electron chi connectivity index (χ1n) is 11.8. The van der Waals surface area contributed by atoms with E-state index >= 15 is 0 Å². The van der Waals surface area contributed by atoms with Crippen LogP contribution in [0.2, 0.25) is 0 Å². The van der Waals surface area contributed by atoms with E-state index in [1.165, 1.54) is 42.7 Å². The molecule has 12 heteroatoms. The quantitative estimate of drug-likeness (QED) is 0.436. The minimum atomic E-state index is -1.13. The number of hydrogen-bond acceptors (Lipinski definition) is 11. The molecule has 0 amide bonds. The van der Waals surface area contributed by atoms with Gasteiger partial charge in [0.05, 0.1) is 64.9 Å². The van der Waals surface area contributed by atoms with Crippen molar-refractivity contribution < 1.29 is 28.4 Å². The molecular formula is C28H26N4O7S. The second-order valence-electron chi connectivity index (χ2n) is 8.47. The summed E-state index contributed by atoms with van der Waals surface area (Å²) < 4.78 is 34.2. The lowest BCUT2D eigenvalue weighted by molar-refractivity contribution is 0.323. The number of benzene rings is 2. The Morgan fingerprint density at radius 1 is 0.850 bits per heavy atom. The Labute approximate surface area is 233 Å². The minimum Gasteiger partial charge on any atom is -0.493 e. The number of rotatable bonds is 8. The van der Waals surface area contributed by atoms with Crippen molar-refractivity contribution in [1.29, 1.82) is 15.9 Å². The number of aromatic nitrogens is 1. The molecular weight excluding hydrogens is 536 g/mol. The number of methoxy groups -OCH3 is 6. The lowest BCUT2D eigenvalue weighted by atomic mass is 9.79. The molecule has 0 fully saturated rings. The van der Waals surface area contributed by atoms with Crippen LogP contribution in [0.15, 0.2) is 29.1 Å². The van der Waals surface area contributed by atoms with Crippen LogP contribution in [0, 0.1) is 34.0 Å². The maximum atomic E-state index is 13.5. The third kappa shape index (κ3) is 4.48. The lowest BCUT2D eigenvalue weighted by Crippen LogP contribution is -2.45. The van der Waals surface area contributed by atoms with Gasteiger partial charge in [-0.1, -0.05) is 0 Å². The van der Waals surface area contributed by atoms with Gasteiger partial charge in [0.2, 0.25) is 11.5 Å². The molecule has 2 atom stereocenters. The molecule has 206 valence electrons. The number of nitrogens with zero attached hydrogens (tertiary/aromatic N) is 3. The summed E-state index contributed by atoms with van der Waals surface area (Å²) in [6.45, 7) is 0. The SMILES string of the molecule is COc1cc(C=c2sc3n(c2=O)C(=N)C(C#N)C(c2cc(OC)c(OC)c(OC)c2)C=3C#N)cc(OC)c1OC. The highest BCUT2D eigenvalue weighted by atomic mass is 32.1. The third-order valence-corrected chi connectivity index (χ3v) is 7.63. The highest BCUT2D eigenvalue weighted by Crippen LogP contribution is 2.44. The average molecular weight is 563 g/mol. The summed E-state index contributed by atoms with van der Waals surface area (Å²) in [5, 5.41) is 29.2. The molecule has 11 nitrogen and oxygen atoms in total. The molecule has 0 saturated heterocycles. The number of nitriles is 2. The molecule has 0 radical (unpaired) electrons. The van der Waals surface area contributed by atoms with Crippen molar-refractivity contribution in [1.82, 2.24) is 4.57 Å². The monoisotopic (exact) mass is 562 g/mol. The van der Waals surface area contributed by atoms with Gasteiger partial charge in [-0.25, -0.2) is 0 Å². The smallest absolute Gasteiger partial charge is 0.274 e. The molecule has 2 unspecified atom stereocenters. The number of thiazole rings is 1. The standard InChI is InChI=1S/C28H26N4O7S/c1-34-18-7-14(8-19(35-2)24(18)38-5)9-22-27(33)32-26(31)16(12-29)23(17(13-30)28(32)40-22)15-10-20(36-3)25(39-6)21(11-15)37-4/h7-11,16,23,31H,1-6H3. The fourth-order valence-corrected chi connectivity index (χ4v) is 5.84. The highest BCUT2D eigenvalue weighted by Gasteiger charge is 2.39. The van der Waals surface area contributed by atoms with Crippen molar-refractivity contribution in [2.24, 2.45) is 5.92 Å². The van der Waals surface area contributed by atoms with E-state index in [2.05, 4.69) is 12.1 Å². The van der Waals surface area contributed by atoms with E-state index in [0.717, 1.165) is 15.9 Å². The van der Waals surface area contributed by atoms with Crippen LogP contribution in [0.5, 0.6) is 34.5 Å². The molecule has 1 aromatic heterocycles. The fraction of sp³-hybridized carbons (Fsp3) is 0.286. The van der Waals surface area contributed by atoms with Gasteiger partial charge in [0.25, 0.3) is 5.56 Å². The number of fused-ring (bicyclic) bond motifs is 1. The second-order valence-corrected chi connectivity index (χ2v) is 9.50. The van der Waals surface area contributed by atoms with Gasteiger partial charge in [-0.05, 0) is 41.5 Å². The van der Waals surface area contributed by atoms with Gasteiger partial charge in [-0.3, -0.25) is 14.8 Å². The molecule has 2 aromatic carbocycles. The summed E-state index contributed by atoms with van der Waals surface area (Å²) in [5.74, 6) is -0.00301. The molecule has 1 aliphatic heterocycles. The van der Waals surface area contributed by atoms with Crippen LogP contribution in [-0.2, 0) is 0 Å². The molecule has 0 bridgehead atoms. The Balaban J connectivity index is 2.02. The Morgan fingerprint density at radius 2 is 1.35 bits per heavy atom. The van der Waals surface area contributed by atoms with Crippen LogP contribution < -0.4 is 43.2 Å². The van der Waals surface area contributed by atoms with Crippen LogP contribution in [0.25, 0.3) is 11.6 Å². The number of ether oxygens (including phenoxy) is 6. The van der Waals surface area contributed by atoms with Crippen LogP contribution in [0.1, 0.15) is 17.0 Å². The van der Waals surface area contributed by atoms with Crippen LogP contribution >= 0.6 is 11.3 Å². The zero-order valence-electron chi connectivity index (χ0n) is 22.6. The van der Waals surface area contributed by atoms with Gasteiger partial charge >= 0.3 is 0 Å². The van der Waals surface area contributed by atoms with Gasteiger partial charge in [0.1, 0.15) is 16.4 Å². The molecule has 1 aliphatic rings. The third-order valence-electron chi connectivity index (χ3n) is 6.52. The van der Waals surface area contributed by atoms with Crippen molar-refractivity contribution in [2.45, 2.75) is 5.92 Å². The predicted molar refractivity (Wildman–Crippen MR) is 148 cm³/mol. The zero-order valence-corrected chi connectivity index (χ0v) is 23.5. The Bertz CT molecular complexity index is 1710. The second kappa shape index (κ2) is 11.4. The van der Waals surface area contributed by atoms with Crippen molar-refractivity contribution in [3.8, 4) is 46.6 Å². The maximum Gasteiger partial charge on any atom is 0.274 e.